The number of imidazole rings is 1. The summed E-state index contributed by atoms with van der Waals surface area (Å²) in [5, 5.41) is 10.4. The number of benzene rings is 2. The molecule has 0 saturated carbocycles. The van der Waals surface area contributed by atoms with Crippen LogP contribution >= 0.6 is 11.6 Å². The number of halogens is 1. The van der Waals surface area contributed by atoms with Gasteiger partial charge in [-0.15, -0.1) is 0 Å². The van der Waals surface area contributed by atoms with Crippen molar-refractivity contribution < 1.29 is 5.11 Å². The lowest BCUT2D eigenvalue weighted by atomic mass is 10.2. The van der Waals surface area contributed by atoms with Crippen molar-refractivity contribution in [2.24, 2.45) is 0 Å². The molecule has 4 rings (SSSR count). The molecule has 1 aliphatic heterocycles. The number of aliphatic hydroxyl groups excluding tert-OH is 1. The minimum atomic E-state index is 0.219. The second kappa shape index (κ2) is 7.39. The van der Waals surface area contributed by atoms with Gasteiger partial charge in [-0.05, 0) is 61.7 Å². The first kappa shape index (κ1) is 17.5. The minimum Gasteiger partial charge on any atom is -0.395 e. The molecule has 1 fully saturated rings. The first-order valence-electron chi connectivity index (χ1n) is 9.19. The van der Waals surface area contributed by atoms with Gasteiger partial charge in [0.15, 0.2) is 0 Å². The maximum absolute atomic E-state index is 9.64. The molecule has 0 radical (unpaired) electrons. The Morgan fingerprint density at radius 2 is 1.96 bits per heavy atom. The molecule has 2 heterocycles. The van der Waals surface area contributed by atoms with Crippen LogP contribution in [-0.2, 0) is 13.1 Å². The maximum Gasteiger partial charge on any atom is 0.124 e. The SMILES string of the molecule is Cc1ccc2c(c1)nc(CN1CCCC1CO)n2Cc1ccc(Cl)cc1. The van der Waals surface area contributed by atoms with Crippen molar-refractivity contribution in [3.05, 3.63) is 64.4 Å². The largest absolute Gasteiger partial charge is 0.395 e. The number of nitrogens with zero attached hydrogens (tertiary/aromatic N) is 3. The molecule has 1 aromatic heterocycles. The Morgan fingerprint density at radius 1 is 1.15 bits per heavy atom. The Balaban J connectivity index is 1.71. The molecule has 5 heteroatoms. The Labute approximate surface area is 159 Å². The van der Waals surface area contributed by atoms with E-state index in [1.165, 1.54) is 11.1 Å². The Hall–Kier alpha value is -1.88. The highest BCUT2D eigenvalue weighted by Gasteiger charge is 2.25. The summed E-state index contributed by atoms with van der Waals surface area (Å²) in [6.45, 7) is 4.88. The molecule has 0 spiro atoms. The van der Waals surface area contributed by atoms with Gasteiger partial charge in [-0.1, -0.05) is 29.8 Å². The van der Waals surface area contributed by atoms with Crippen LogP contribution in [0.4, 0.5) is 0 Å². The van der Waals surface area contributed by atoms with Gasteiger partial charge in [-0.3, -0.25) is 4.90 Å². The molecule has 1 unspecified atom stereocenters. The number of fused-ring (bicyclic) bond motifs is 1. The summed E-state index contributed by atoms with van der Waals surface area (Å²) >= 11 is 6.03. The molecule has 0 bridgehead atoms. The molecule has 136 valence electrons. The molecule has 0 aliphatic carbocycles. The van der Waals surface area contributed by atoms with Crippen LogP contribution in [0.1, 0.15) is 29.8 Å². The summed E-state index contributed by atoms with van der Waals surface area (Å²) in [6.07, 6.45) is 2.20. The van der Waals surface area contributed by atoms with Gasteiger partial charge in [0.1, 0.15) is 5.82 Å². The molecular formula is C21H24ClN3O. The predicted octanol–water partition coefficient (Wildman–Crippen LogP) is 4.00. The smallest absolute Gasteiger partial charge is 0.124 e. The molecule has 1 N–H and O–H groups in total. The van der Waals surface area contributed by atoms with Gasteiger partial charge in [0.2, 0.25) is 0 Å². The van der Waals surface area contributed by atoms with Crippen molar-refractivity contribution in [2.45, 2.75) is 38.9 Å². The van der Waals surface area contributed by atoms with Crippen LogP contribution in [0, 0.1) is 6.92 Å². The zero-order valence-corrected chi connectivity index (χ0v) is 15.8. The van der Waals surface area contributed by atoms with E-state index >= 15 is 0 Å². The number of aromatic nitrogens is 2. The standard InChI is InChI=1S/C21H24ClN3O/c1-15-4-9-20-19(11-15)23-21(13-24-10-2-3-18(24)14-26)25(20)12-16-5-7-17(22)8-6-16/h4-9,11,18,26H,2-3,10,12-14H2,1H3. The topological polar surface area (TPSA) is 41.3 Å². The third kappa shape index (κ3) is 3.50. The van der Waals surface area contributed by atoms with Gasteiger partial charge in [0, 0.05) is 17.6 Å². The van der Waals surface area contributed by atoms with Gasteiger partial charge in [0.05, 0.1) is 24.2 Å². The summed E-state index contributed by atoms with van der Waals surface area (Å²) in [5.41, 5.74) is 4.61. The number of rotatable bonds is 5. The number of likely N-dealkylation sites (tertiary alicyclic amines) is 1. The van der Waals surface area contributed by atoms with Crippen molar-refractivity contribution in [3.8, 4) is 0 Å². The second-order valence-corrected chi connectivity index (χ2v) is 7.62. The Bertz CT molecular complexity index is 904. The van der Waals surface area contributed by atoms with E-state index in [9.17, 15) is 5.11 Å². The molecule has 0 amide bonds. The molecule has 3 aromatic rings. The summed E-state index contributed by atoms with van der Waals surface area (Å²) in [6, 6.07) is 14.7. The van der Waals surface area contributed by atoms with Crippen LogP contribution in [0.2, 0.25) is 5.02 Å². The van der Waals surface area contributed by atoms with Crippen molar-refractivity contribution in [1.29, 1.82) is 0 Å². The zero-order chi connectivity index (χ0) is 18.1. The molecule has 26 heavy (non-hydrogen) atoms. The zero-order valence-electron chi connectivity index (χ0n) is 15.0. The van der Waals surface area contributed by atoms with E-state index in [4.69, 9.17) is 16.6 Å². The average Bonchev–Trinajstić information content (AvgIpc) is 3.21. The van der Waals surface area contributed by atoms with E-state index in [1.54, 1.807) is 0 Å². The molecule has 1 aliphatic rings. The third-order valence-electron chi connectivity index (χ3n) is 5.29. The van der Waals surface area contributed by atoms with Gasteiger partial charge >= 0.3 is 0 Å². The highest BCUT2D eigenvalue weighted by atomic mass is 35.5. The predicted molar refractivity (Wildman–Crippen MR) is 106 cm³/mol. The van der Waals surface area contributed by atoms with E-state index in [1.807, 2.05) is 12.1 Å². The van der Waals surface area contributed by atoms with Gasteiger partial charge in [-0.25, -0.2) is 4.98 Å². The molecule has 4 nitrogen and oxygen atoms in total. The maximum atomic E-state index is 9.64. The number of hydrogen-bond acceptors (Lipinski definition) is 3. The summed E-state index contributed by atoms with van der Waals surface area (Å²) in [4.78, 5) is 7.29. The van der Waals surface area contributed by atoms with E-state index in [-0.39, 0.29) is 12.6 Å². The fraction of sp³-hybridized carbons (Fsp3) is 0.381. The highest BCUT2D eigenvalue weighted by molar-refractivity contribution is 6.30. The van der Waals surface area contributed by atoms with Gasteiger partial charge in [-0.2, -0.15) is 0 Å². The third-order valence-corrected chi connectivity index (χ3v) is 5.54. The number of aryl methyl sites for hydroxylation is 1. The van der Waals surface area contributed by atoms with Crippen molar-refractivity contribution in [3.63, 3.8) is 0 Å². The monoisotopic (exact) mass is 369 g/mol. The average molecular weight is 370 g/mol. The molecular weight excluding hydrogens is 346 g/mol. The lowest BCUT2D eigenvalue weighted by Crippen LogP contribution is -2.32. The summed E-state index contributed by atoms with van der Waals surface area (Å²) in [7, 11) is 0. The van der Waals surface area contributed by atoms with Gasteiger partial charge < -0.3 is 9.67 Å². The summed E-state index contributed by atoms with van der Waals surface area (Å²) < 4.78 is 2.30. The van der Waals surface area contributed by atoms with Crippen molar-refractivity contribution in [2.75, 3.05) is 13.2 Å². The quantitative estimate of drug-likeness (QED) is 0.739. The highest BCUT2D eigenvalue weighted by Crippen LogP contribution is 2.24. The van der Waals surface area contributed by atoms with Crippen molar-refractivity contribution >= 4 is 22.6 Å². The van der Waals surface area contributed by atoms with Crippen molar-refractivity contribution in [1.82, 2.24) is 14.5 Å². The first-order chi connectivity index (χ1) is 12.6. The van der Waals surface area contributed by atoms with E-state index in [0.29, 0.717) is 0 Å². The minimum absolute atomic E-state index is 0.219. The van der Waals surface area contributed by atoms with E-state index in [0.717, 1.165) is 54.4 Å². The molecule has 1 atom stereocenters. The van der Waals surface area contributed by atoms with Crippen LogP contribution in [-0.4, -0.2) is 38.8 Å². The Morgan fingerprint density at radius 3 is 2.73 bits per heavy atom. The lowest BCUT2D eigenvalue weighted by molar-refractivity contribution is 0.150. The van der Waals surface area contributed by atoms with Crippen LogP contribution in [0.15, 0.2) is 42.5 Å². The number of hydrogen-bond donors (Lipinski definition) is 1. The number of aliphatic hydroxyl groups is 1. The molecule has 1 saturated heterocycles. The van der Waals surface area contributed by atoms with Gasteiger partial charge in [0.25, 0.3) is 0 Å². The fourth-order valence-corrected chi connectivity index (χ4v) is 3.98. The van der Waals surface area contributed by atoms with Crippen LogP contribution in [0.3, 0.4) is 0 Å². The normalized spacial score (nSPS) is 18.0. The Kier molecular flexibility index (Phi) is 4.98. The second-order valence-electron chi connectivity index (χ2n) is 7.18. The van der Waals surface area contributed by atoms with E-state index < -0.39 is 0 Å². The van der Waals surface area contributed by atoms with Crippen LogP contribution in [0.5, 0.6) is 0 Å². The lowest BCUT2D eigenvalue weighted by Gasteiger charge is -2.22. The van der Waals surface area contributed by atoms with Crippen LogP contribution in [0.25, 0.3) is 11.0 Å². The molecule has 2 aromatic carbocycles. The summed E-state index contributed by atoms with van der Waals surface area (Å²) in [5.74, 6) is 1.06. The fourth-order valence-electron chi connectivity index (χ4n) is 3.85. The first-order valence-corrected chi connectivity index (χ1v) is 9.57. The van der Waals surface area contributed by atoms with E-state index in [2.05, 4.69) is 46.7 Å². The van der Waals surface area contributed by atoms with Crippen LogP contribution < -0.4 is 0 Å².